The van der Waals surface area contributed by atoms with Gasteiger partial charge in [-0.1, -0.05) is 85.0 Å². The molecule has 1 aliphatic carbocycles. The highest BCUT2D eigenvalue weighted by Gasteiger charge is 2.66. The molecule has 2 spiro atoms. The standard InChI is InChI=1S/C41H34N2/c1-26(2)19-20-29-28(4)21-23-43-39-32(29)14-11-17-36(39)41(34-15-7-5-12-30(34)31-13-6-8-16-35(31)41)37-25-27(3)24-33(40(37)43)38-18-9-10-22-42(38)43/h5-20,22,24-25H,4,21,23H2,1-3H3/q+2/b29-20+. The monoisotopic (exact) mass is 554 g/mol. The van der Waals surface area contributed by atoms with Gasteiger partial charge in [-0.2, -0.15) is 0 Å². The molecule has 0 fully saturated rings. The quantitative estimate of drug-likeness (QED) is 0.141. The van der Waals surface area contributed by atoms with Gasteiger partial charge in [0.25, 0.3) is 5.69 Å². The fourth-order valence-corrected chi connectivity index (χ4v) is 8.76. The van der Waals surface area contributed by atoms with Crippen molar-refractivity contribution in [1.29, 1.82) is 0 Å². The zero-order valence-corrected chi connectivity index (χ0v) is 25.0. The number of fused-ring (bicyclic) bond motifs is 9. The highest BCUT2D eigenvalue weighted by molar-refractivity contribution is 6.00. The van der Waals surface area contributed by atoms with E-state index in [1.54, 1.807) is 0 Å². The minimum Gasteiger partial charge on any atom is -0.0950 e. The van der Waals surface area contributed by atoms with E-state index in [9.17, 15) is 0 Å². The van der Waals surface area contributed by atoms with Crippen LogP contribution >= 0.6 is 0 Å². The molecular weight excluding hydrogens is 520 g/mol. The second kappa shape index (κ2) is 8.40. The van der Waals surface area contributed by atoms with Crippen LogP contribution in [-0.4, -0.2) is 6.54 Å². The van der Waals surface area contributed by atoms with Crippen LogP contribution in [0, 0.1) is 6.92 Å². The summed E-state index contributed by atoms with van der Waals surface area (Å²) in [5.74, 6) is 0. The number of allylic oxidation sites excluding steroid dienone is 4. The van der Waals surface area contributed by atoms with Crippen molar-refractivity contribution in [3.05, 3.63) is 167 Å². The van der Waals surface area contributed by atoms with E-state index >= 15 is 0 Å². The second-order valence-corrected chi connectivity index (χ2v) is 12.9. The Hall–Kier alpha value is -4.79. The number of hydrogen-bond acceptors (Lipinski definition) is 0. The van der Waals surface area contributed by atoms with Crippen molar-refractivity contribution in [1.82, 2.24) is 4.59 Å². The van der Waals surface area contributed by atoms with Gasteiger partial charge < -0.3 is 0 Å². The second-order valence-electron chi connectivity index (χ2n) is 12.9. The van der Waals surface area contributed by atoms with Crippen molar-refractivity contribution < 1.29 is 4.68 Å². The Morgan fingerprint density at radius 2 is 1.40 bits per heavy atom. The average molecular weight is 555 g/mol. The van der Waals surface area contributed by atoms with Crippen molar-refractivity contribution >= 4 is 16.9 Å². The molecule has 1 aromatic heterocycles. The molecule has 0 radical (unpaired) electrons. The maximum Gasteiger partial charge on any atom is 0.279 e. The van der Waals surface area contributed by atoms with E-state index in [-0.39, 0.29) is 0 Å². The molecule has 1 atom stereocenters. The molecule has 5 aromatic rings. The van der Waals surface area contributed by atoms with Gasteiger partial charge in [-0.25, -0.2) is 0 Å². The molecule has 0 N–H and O–H groups in total. The molecule has 0 amide bonds. The summed E-state index contributed by atoms with van der Waals surface area (Å²) in [7, 11) is 0. The SMILES string of the molecule is C=C1CC[N+]23c4c(cccc4C4(c5ccccc5-c5ccccc54)c4cc(C)cc(c42)-c2cccc[n+]23)/C1=C/C=C(C)C. The number of benzene rings is 4. The topological polar surface area (TPSA) is 3.88 Å². The Kier molecular flexibility index (Phi) is 4.84. The number of quaternary nitrogens is 1. The van der Waals surface area contributed by atoms with Crippen LogP contribution in [0.4, 0.5) is 11.4 Å². The number of aromatic nitrogens is 1. The van der Waals surface area contributed by atoms with Gasteiger partial charge in [-0.3, -0.25) is 0 Å². The number of rotatable bonds is 1. The Labute approximate surface area is 253 Å². The third-order valence-corrected chi connectivity index (χ3v) is 10.3. The zero-order valence-electron chi connectivity index (χ0n) is 25.0. The average Bonchev–Trinajstić information content (AvgIpc) is 3.43. The maximum atomic E-state index is 4.70. The Bertz CT molecular complexity index is 2090. The molecule has 9 rings (SSSR count). The maximum absolute atomic E-state index is 4.70. The van der Waals surface area contributed by atoms with Crippen molar-refractivity contribution in [2.75, 3.05) is 6.54 Å². The van der Waals surface area contributed by atoms with Gasteiger partial charge in [0.05, 0.1) is 5.41 Å². The van der Waals surface area contributed by atoms with Crippen LogP contribution in [0.3, 0.4) is 0 Å². The van der Waals surface area contributed by atoms with E-state index in [0.717, 1.165) is 13.0 Å². The van der Waals surface area contributed by atoms with Gasteiger partial charge in [0.1, 0.15) is 12.1 Å². The molecule has 4 heterocycles. The number of hydrogen-bond donors (Lipinski definition) is 0. The Balaban J connectivity index is 1.56. The van der Waals surface area contributed by atoms with Crippen molar-refractivity contribution in [2.45, 2.75) is 32.6 Å². The molecule has 0 saturated carbocycles. The van der Waals surface area contributed by atoms with Crippen molar-refractivity contribution in [3.63, 3.8) is 0 Å². The van der Waals surface area contributed by atoms with E-state index in [4.69, 9.17) is 6.58 Å². The van der Waals surface area contributed by atoms with Crippen molar-refractivity contribution in [3.8, 4) is 22.4 Å². The lowest BCUT2D eigenvalue weighted by Gasteiger charge is -2.43. The first kappa shape index (κ1) is 24.8. The first-order valence-electron chi connectivity index (χ1n) is 15.4. The van der Waals surface area contributed by atoms with Crippen LogP contribution in [0.2, 0.25) is 0 Å². The van der Waals surface area contributed by atoms with Crippen LogP contribution in [0.25, 0.3) is 28.0 Å². The normalized spacial score (nSPS) is 20.2. The summed E-state index contributed by atoms with van der Waals surface area (Å²) in [5.41, 5.74) is 19.6. The summed E-state index contributed by atoms with van der Waals surface area (Å²) in [4.78, 5) is 0. The molecule has 0 saturated heterocycles. The molecule has 2 heteroatoms. The smallest absolute Gasteiger partial charge is 0.0950 e. The predicted octanol–water partition coefficient (Wildman–Crippen LogP) is 9.35. The Morgan fingerprint density at radius 3 is 2.14 bits per heavy atom. The minimum absolute atomic E-state index is 0.424. The van der Waals surface area contributed by atoms with Gasteiger partial charge >= 0.3 is 0 Å². The summed E-state index contributed by atoms with van der Waals surface area (Å²) >= 11 is 0. The molecule has 0 bridgehead atoms. The van der Waals surface area contributed by atoms with Crippen LogP contribution in [0.15, 0.2) is 133 Å². The van der Waals surface area contributed by atoms with E-state index in [2.05, 4.69) is 141 Å². The van der Waals surface area contributed by atoms with Gasteiger partial charge in [0.15, 0.2) is 0 Å². The lowest BCUT2D eigenvalue weighted by atomic mass is 9.63. The summed E-state index contributed by atoms with van der Waals surface area (Å²) in [5, 5.41) is 0. The van der Waals surface area contributed by atoms with Crippen molar-refractivity contribution in [2.24, 2.45) is 0 Å². The van der Waals surface area contributed by atoms with Gasteiger partial charge in [0, 0.05) is 35.2 Å². The molecule has 4 aromatic carbocycles. The highest BCUT2D eigenvalue weighted by atomic mass is 15.7. The lowest BCUT2D eigenvalue weighted by molar-refractivity contribution is -0.780. The first-order valence-corrected chi connectivity index (χ1v) is 15.4. The fraction of sp³-hybridized carbons (Fsp3) is 0.146. The third kappa shape index (κ3) is 2.85. The van der Waals surface area contributed by atoms with E-state index in [1.165, 1.54) is 83.9 Å². The Morgan fingerprint density at radius 1 is 0.744 bits per heavy atom. The molecule has 3 aliphatic heterocycles. The zero-order chi connectivity index (χ0) is 29.1. The highest BCUT2D eigenvalue weighted by Crippen LogP contribution is 2.67. The number of nitrogens with zero attached hydrogens (tertiary/aromatic N) is 2. The van der Waals surface area contributed by atoms with Crippen LogP contribution in [-0.2, 0) is 5.41 Å². The molecule has 4 aliphatic rings. The molecule has 2 nitrogen and oxygen atoms in total. The molecular formula is C41H34N2+2. The van der Waals surface area contributed by atoms with E-state index in [1.807, 2.05) is 0 Å². The summed E-state index contributed by atoms with van der Waals surface area (Å²) in [6.07, 6.45) is 7.78. The summed E-state index contributed by atoms with van der Waals surface area (Å²) < 4.78 is 3.22. The van der Waals surface area contributed by atoms with E-state index in [0.29, 0.717) is 4.59 Å². The van der Waals surface area contributed by atoms with Crippen LogP contribution in [0.1, 0.15) is 53.6 Å². The van der Waals surface area contributed by atoms with Gasteiger partial charge in [-0.05, 0) is 93.3 Å². The fourth-order valence-electron chi connectivity index (χ4n) is 8.76. The summed E-state index contributed by atoms with van der Waals surface area (Å²) in [6, 6.07) is 36.9. The predicted molar refractivity (Wildman–Crippen MR) is 177 cm³/mol. The first-order chi connectivity index (χ1) is 21.0. The molecule has 206 valence electrons. The number of aryl methyl sites for hydroxylation is 1. The molecule has 1 unspecified atom stereocenters. The van der Waals surface area contributed by atoms with Gasteiger partial charge in [0.2, 0.25) is 17.6 Å². The van der Waals surface area contributed by atoms with Crippen LogP contribution < -0.4 is 9.27 Å². The van der Waals surface area contributed by atoms with Gasteiger partial charge in [-0.15, -0.1) is 0 Å². The largest absolute Gasteiger partial charge is 0.279 e. The number of para-hydroxylation sites is 1. The third-order valence-electron chi connectivity index (χ3n) is 10.3. The minimum atomic E-state index is -0.424. The lowest BCUT2D eigenvalue weighted by Crippen LogP contribution is -2.69. The number of pyridine rings is 1. The van der Waals surface area contributed by atoms with Crippen LogP contribution in [0.5, 0.6) is 0 Å². The summed E-state index contributed by atoms with van der Waals surface area (Å²) in [6.45, 7) is 12.2. The molecule has 43 heavy (non-hydrogen) atoms. The van der Waals surface area contributed by atoms with E-state index < -0.39 is 5.41 Å².